The zero-order valence-electron chi connectivity index (χ0n) is 15.8. The number of amides is 1. The Morgan fingerprint density at radius 2 is 2.17 bits per heavy atom. The van der Waals surface area contributed by atoms with Crippen LogP contribution in [0.1, 0.15) is 27.0 Å². The summed E-state index contributed by atoms with van der Waals surface area (Å²) in [6.07, 6.45) is 2.80. The molecule has 2 aromatic heterocycles. The van der Waals surface area contributed by atoms with Crippen molar-refractivity contribution in [1.82, 2.24) is 19.5 Å². The van der Waals surface area contributed by atoms with Crippen LogP contribution in [0.5, 0.6) is 0 Å². The topological polar surface area (TPSA) is 152 Å². The lowest BCUT2D eigenvalue weighted by Crippen LogP contribution is -2.49. The van der Waals surface area contributed by atoms with Crippen LogP contribution in [0.25, 0.3) is 11.2 Å². The van der Waals surface area contributed by atoms with E-state index < -0.39 is 42.1 Å². The monoisotopic (exact) mass is 409 g/mol. The summed E-state index contributed by atoms with van der Waals surface area (Å²) in [5, 5.41) is 32.4. The molecule has 4 N–H and O–H groups in total. The van der Waals surface area contributed by atoms with Gasteiger partial charge in [-0.25, -0.2) is 24.1 Å². The highest BCUT2D eigenvalue weighted by atomic mass is 19.2. The normalized spacial score (nSPS) is 29.6. The van der Waals surface area contributed by atoms with Crippen molar-refractivity contribution < 1.29 is 34.0 Å². The molecule has 29 heavy (non-hydrogen) atoms. The quantitative estimate of drug-likeness (QED) is 0.517. The molecule has 3 heterocycles. The number of carbonyl (C=O) groups is 1. The smallest absolute Gasteiger partial charge is 0.413 e. The largest absolute Gasteiger partial charge is 0.444 e. The summed E-state index contributed by atoms with van der Waals surface area (Å²) < 4.78 is 25.9. The predicted octanol–water partition coefficient (Wildman–Crippen LogP) is 0.0854. The fourth-order valence-corrected chi connectivity index (χ4v) is 2.86. The lowest BCUT2D eigenvalue weighted by Gasteiger charge is -2.26. The fraction of sp³-hybridized carbons (Fsp3) is 0.529. The van der Waals surface area contributed by atoms with E-state index in [4.69, 9.17) is 15.9 Å². The van der Waals surface area contributed by atoms with Gasteiger partial charge in [0.2, 0.25) is 5.60 Å². The number of fused-ring (bicyclic) bond motifs is 1. The highest BCUT2D eigenvalue weighted by Crippen LogP contribution is 2.45. The Kier molecular flexibility index (Phi) is 4.96. The van der Waals surface area contributed by atoms with Gasteiger partial charge in [-0.1, -0.05) is 5.92 Å². The van der Waals surface area contributed by atoms with Crippen LogP contribution in [0.3, 0.4) is 0 Å². The summed E-state index contributed by atoms with van der Waals surface area (Å²) in [5.41, 5.74) is -3.20. The molecule has 0 bridgehead atoms. The van der Waals surface area contributed by atoms with Gasteiger partial charge in [0.05, 0.1) is 6.33 Å². The molecule has 1 aliphatic rings. The van der Waals surface area contributed by atoms with Crippen molar-refractivity contribution in [3.05, 3.63) is 12.7 Å². The van der Waals surface area contributed by atoms with E-state index in [1.54, 1.807) is 20.8 Å². The second-order valence-corrected chi connectivity index (χ2v) is 7.46. The number of imidazole rings is 1. The number of terminal acetylenes is 1. The number of halogens is 1. The number of carbonyl (C=O) groups excluding carboxylic acids is 1. The van der Waals surface area contributed by atoms with Gasteiger partial charge in [-0.15, -0.1) is 6.42 Å². The molecule has 1 amide bonds. The maximum Gasteiger partial charge on any atom is 0.413 e. The highest BCUT2D eigenvalue weighted by molar-refractivity contribution is 5.93. The number of nitrogens with zero attached hydrogens (tertiary/aromatic N) is 4. The molecule has 2 aromatic rings. The molecule has 1 aliphatic heterocycles. The number of ether oxygens (including phenoxy) is 2. The summed E-state index contributed by atoms with van der Waals surface area (Å²) in [4.78, 5) is 24.0. The molecule has 156 valence electrons. The Bertz CT molecular complexity index is 985. The Morgan fingerprint density at radius 1 is 1.48 bits per heavy atom. The van der Waals surface area contributed by atoms with Gasteiger partial charge in [0, 0.05) is 0 Å². The first-order valence-corrected chi connectivity index (χ1v) is 8.48. The molecule has 3 rings (SSSR count). The minimum atomic E-state index is -3.01. The first-order chi connectivity index (χ1) is 13.4. The Morgan fingerprint density at radius 3 is 2.76 bits per heavy atom. The van der Waals surface area contributed by atoms with Crippen LogP contribution in [0.4, 0.5) is 15.0 Å². The zero-order chi connectivity index (χ0) is 21.6. The Labute approximate surface area is 164 Å². The van der Waals surface area contributed by atoms with E-state index in [1.165, 1.54) is 0 Å². The van der Waals surface area contributed by atoms with E-state index >= 15 is 0 Å². The van der Waals surface area contributed by atoms with E-state index in [0.29, 0.717) is 0 Å². The van der Waals surface area contributed by atoms with Crippen molar-refractivity contribution in [3.63, 3.8) is 0 Å². The fourth-order valence-electron chi connectivity index (χ4n) is 2.86. The van der Waals surface area contributed by atoms with Gasteiger partial charge in [-0.2, -0.15) is 0 Å². The van der Waals surface area contributed by atoms with E-state index in [1.807, 2.05) is 5.92 Å². The van der Waals surface area contributed by atoms with Crippen LogP contribution >= 0.6 is 0 Å². The van der Waals surface area contributed by atoms with Crippen molar-refractivity contribution in [2.24, 2.45) is 0 Å². The second-order valence-electron chi connectivity index (χ2n) is 7.46. The number of aromatic nitrogens is 4. The average Bonchev–Trinajstić information content (AvgIpc) is 3.15. The van der Waals surface area contributed by atoms with Crippen molar-refractivity contribution in [1.29, 1.82) is 0 Å². The molecular formula is C17H20FN5O6. The van der Waals surface area contributed by atoms with Crippen LogP contribution in [0, 0.1) is 12.3 Å². The number of alkyl halides is 1. The van der Waals surface area contributed by atoms with Gasteiger partial charge < -0.3 is 24.8 Å². The SMILES string of the molecule is C#C[C@]1(O)[C@H](n2cnc3c(NC(=O)OC(C)(C)C)ncnc32)O[C@](F)(CO)[C@H]1O. The third-order valence-corrected chi connectivity index (χ3v) is 4.19. The molecule has 0 aromatic carbocycles. The minimum Gasteiger partial charge on any atom is -0.444 e. The summed E-state index contributed by atoms with van der Waals surface area (Å²) in [5.74, 6) is -1.12. The summed E-state index contributed by atoms with van der Waals surface area (Å²) in [6.45, 7) is 3.81. The Hall–Kier alpha value is -2.85. The lowest BCUT2D eigenvalue weighted by molar-refractivity contribution is -0.206. The maximum absolute atomic E-state index is 14.7. The van der Waals surface area contributed by atoms with Gasteiger partial charge in [0.25, 0.3) is 5.85 Å². The van der Waals surface area contributed by atoms with E-state index in [9.17, 15) is 24.5 Å². The van der Waals surface area contributed by atoms with Gasteiger partial charge in [-0.3, -0.25) is 9.88 Å². The molecular weight excluding hydrogens is 389 g/mol. The average molecular weight is 409 g/mol. The molecule has 4 atom stereocenters. The van der Waals surface area contributed by atoms with Crippen LogP contribution in [0.2, 0.25) is 0 Å². The molecule has 11 nitrogen and oxygen atoms in total. The second kappa shape index (κ2) is 6.89. The molecule has 1 fully saturated rings. The number of hydrogen-bond acceptors (Lipinski definition) is 9. The number of aliphatic hydroxyl groups excluding tert-OH is 2. The molecule has 0 unspecified atom stereocenters. The van der Waals surface area contributed by atoms with E-state index in [0.717, 1.165) is 17.2 Å². The number of nitrogens with one attached hydrogen (secondary N) is 1. The lowest BCUT2D eigenvalue weighted by atomic mass is 9.94. The minimum absolute atomic E-state index is 0.0131. The van der Waals surface area contributed by atoms with Crippen molar-refractivity contribution in [3.8, 4) is 12.3 Å². The number of anilines is 1. The van der Waals surface area contributed by atoms with Crippen molar-refractivity contribution in [2.45, 2.75) is 50.2 Å². The molecule has 0 spiro atoms. The summed E-state index contributed by atoms with van der Waals surface area (Å²) in [6, 6.07) is 0. The molecule has 0 saturated carbocycles. The third kappa shape index (κ3) is 3.49. The van der Waals surface area contributed by atoms with Crippen LogP contribution in [-0.2, 0) is 9.47 Å². The number of rotatable bonds is 3. The molecule has 12 heteroatoms. The van der Waals surface area contributed by atoms with Gasteiger partial charge >= 0.3 is 6.09 Å². The third-order valence-electron chi connectivity index (χ3n) is 4.19. The van der Waals surface area contributed by atoms with Gasteiger partial charge in [-0.05, 0) is 20.8 Å². The highest BCUT2D eigenvalue weighted by Gasteiger charge is 2.64. The van der Waals surface area contributed by atoms with Crippen LogP contribution in [0.15, 0.2) is 12.7 Å². The zero-order valence-corrected chi connectivity index (χ0v) is 15.8. The van der Waals surface area contributed by atoms with E-state index in [2.05, 4.69) is 20.3 Å². The van der Waals surface area contributed by atoms with Crippen molar-refractivity contribution in [2.75, 3.05) is 11.9 Å². The maximum atomic E-state index is 14.7. The standard InChI is InChI=1S/C17H20FN5O6/c1-5-16(27)12(25)17(18,6-24)28-13(16)23-8-21-9-10(19-7-20-11(9)23)22-14(26)29-15(2,3)4/h1,7-8,12-13,24-25,27H,6H2,2-4H3,(H,19,20,22,26)/t12-,13+,16+,17+/m0/s1. The number of hydrogen-bond donors (Lipinski definition) is 4. The number of aliphatic hydroxyl groups is 3. The predicted molar refractivity (Wildman–Crippen MR) is 96.0 cm³/mol. The molecule has 0 aliphatic carbocycles. The van der Waals surface area contributed by atoms with Crippen LogP contribution < -0.4 is 5.32 Å². The van der Waals surface area contributed by atoms with Crippen molar-refractivity contribution >= 4 is 23.1 Å². The van der Waals surface area contributed by atoms with Gasteiger partial charge in [0.15, 0.2) is 29.3 Å². The summed E-state index contributed by atoms with van der Waals surface area (Å²) in [7, 11) is 0. The Balaban J connectivity index is 2.01. The molecule has 0 radical (unpaired) electrons. The van der Waals surface area contributed by atoms with Crippen LogP contribution in [-0.4, -0.2) is 70.7 Å². The first kappa shape index (κ1) is 20.9. The van der Waals surface area contributed by atoms with E-state index in [-0.39, 0.29) is 17.0 Å². The first-order valence-electron chi connectivity index (χ1n) is 8.48. The van der Waals surface area contributed by atoms with Gasteiger partial charge in [0.1, 0.15) is 18.5 Å². The summed E-state index contributed by atoms with van der Waals surface area (Å²) >= 11 is 0. The molecule has 1 saturated heterocycles.